The van der Waals surface area contributed by atoms with Crippen molar-refractivity contribution in [3.63, 3.8) is 0 Å². The molecule has 0 aromatic carbocycles. The smallest absolute Gasteiger partial charge is 0.336 e. The normalized spacial score (nSPS) is 38.7. The number of nitrogens with one attached hydrogen (secondary N) is 1. The van der Waals surface area contributed by atoms with Crippen LogP contribution in [0.3, 0.4) is 0 Å². The van der Waals surface area contributed by atoms with Gasteiger partial charge in [0.25, 0.3) is 0 Å². The fraction of sp³-hybridized carbons (Fsp3) is 0.923. The Hall–Kier alpha value is -0.610. The molecular formula is C13H23NO3. The molecule has 2 rings (SSSR count). The number of esters is 1. The third-order valence-electron chi connectivity index (χ3n) is 4.02. The first-order chi connectivity index (χ1) is 8.16. The summed E-state index contributed by atoms with van der Waals surface area (Å²) in [6, 6.07) is 0. The highest BCUT2D eigenvalue weighted by Gasteiger charge is 2.30. The maximum absolute atomic E-state index is 11.9. The molecule has 0 amide bonds. The number of hydrogen-bond acceptors (Lipinski definition) is 4. The van der Waals surface area contributed by atoms with Crippen LogP contribution in [0.15, 0.2) is 0 Å². The molecule has 4 nitrogen and oxygen atoms in total. The predicted molar refractivity (Wildman–Crippen MR) is 64.7 cm³/mol. The van der Waals surface area contributed by atoms with Crippen LogP contribution in [0.4, 0.5) is 0 Å². The largest absolute Gasteiger partial charge is 0.460 e. The Morgan fingerprint density at radius 3 is 2.76 bits per heavy atom. The summed E-state index contributed by atoms with van der Waals surface area (Å²) in [5.74, 6) is 1.20. The minimum atomic E-state index is -0.404. The first-order valence-corrected chi connectivity index (χ1v) is 6.69. The standard InChI is InChI=1S/C13H23NO3/c1-9-3-4-11(7-10(9)2)17-13(15)12-8-14-5-6-16-12/h9-12,14H,3-8H2,1-2H3. The summed E-state index contributed by atoms with van der Waals surface area (Å²) in [5.41, 5.74) is 0. The minimum Gasteiger partial charge on any atom is -0.460 e. The van der Waals surface area contributed by atoms with Gasteiger partial charge in [-0.05, 0) is 31.1 Å². The molecule has 4 heteroatoms. The zero-order chi connectivity index (χ0) is 12.3. The number of carbonyl (C=O) groups excluding carboxylic acids is 1. The molecule has 0 bridgehead atoms. The molecular weight excluding hydrogens is 218 g/mol. The minimum absolute atomic E-state index is 0.0965. The molecule has 0 spiro atoms. The van der Waals surface area contributed by atoms with Crippen molar-refractivity contribution < 1.29 is 14.3 Å². The van der Waals surface area contributed by atoms with Crippen molar-refractivity contribution in [3.05, 3.63) is 0 Å². The van der Waals surface area contributed by atoms with Crippen LogP contribution in [0, 0.1) is 11.8 Å². The molecule has 98 valence electrons. The van der Waals surface area contributed by atoms with E-state index in [0.717, 1.165) is 31.7 Å². The second-order valence-corrected chi connectivity index (χ2v) is 5.39. The van der Waals surface area contributed by atoms with Gasteiger partial charge in [-0.25, -0.2) is 4.79 Å². The average Bonchev–Trinajstić information content (AvgIpc) is 2.35. The summed E-state index contributed by atoms with van der Waals surface area (Å²) in [4.78, 5) is 11.9. The Labute approximate surface area is 103 Å². The zero-order valence-electron chi connectivity index (χ0n) is 10.8. The van der Waals surface area contributed by atoms with E-state index in [1.165, 1.54) is 0 Å². The summed E-state index contributed by atoms with van der Waals surface area (Å²) in [7, 11) is 0. The van der Waals surface area contributed by atoms with Crippen LogP contribution < -0.4 is 5.32 Å². The highest BCUT2D eigenvalue weighted by Crippen LogP contribution is 2.31. The van der Waals surface area contributed by atoms with E-state index in [9.17, 15) is 4.79 Å². The van der Waals surface area contributed by atoms with Gasteiger partial charge in [-0.15, -0.1) is 0 Å². The van der Waals surface area contributed by atoms with Crippen molar-refractivity contribution >= 4 is 5.97 Å². The quantitative estimate of drug-likeness (QED) is 0.741. The van der Waals surface area contributed by atoms with E-state index in [0.29, 0.717) is 19.1 Å². The second kappa shape index (κ2) is 5.83. The van der Waals surface area contributed by atoms with Crippen molar-refractivity contribution in [1.29, 1.82) is 0 Å². The number of rotatable bonds is 2. The van der Waals surface area contributed by atoms with E-state index < -0.39 is 6.10 Å². The zero-order valence-corrected chi connectivity index (χ0v) is 10.8. The molecule has 2 aliphatic rings. The maximum atomic E-state index is 11.9. The van der Waals surface area contributed by atoms with Gasteiger partial charge in [0.2, 0.25) is 0 Å². The second-order valence-electron chi connectivity index (χ2n) is 5.39. The highest BCUT2D eigenvalue weighted by molar-refractivity contribution is 5.75. The van der Waals surface area contributed by atoms with Crippen LogP contribution in [0.2, 0.25) is 0 Å². The van der Waals surface area contributed by atoms with Gasteiger partial charge in [0.05, 0.1) is 6.61 Å². The van der Waals surface area contributed by atoms with Crippen molar-refractivity contribution in [1.82, 2.24) is 5.32 Å². The summed E-state index contributed by atoms with van der Waals surface area (Å²) in [6.45, 7) is 6.51. The van der Waals surface area contributed by atoms with Gasteiger partial charge >= 0.3 is 5.97 Å². The van der Waals surface area contributed by atoms with Crippen LogP contribution >= 0.6 is 0 Å². The van der Waals surface area contributed by atoms with Crippen molar-refractivity contribution in [3.8, 4) is 0 Å². The fourth-order valence-electron chi connectivity index (χ4n) is 2.56. The molecule has 17 heavy (non-hydrogen) atoms. The van der Waals surface area contributed by atoms with Crippen LogP contribution in [-0.4, -0.2) is 37.9 Å². The van der Waals surface area contributed by atoms with Gasteiger partial charge < -0.3 is 14.8 Å². The molecule has 0 radical (unpaired) electrons. The summed E-state index contributed by atoms with van der Waals surface area (Å²) >= 11 is 0. The Bertz CT molecular complexity index is 263. The lowest BCUT2D eigenvalue weighted by Crippen LogP contribution is -2.45. The Balaban J connectivity index is 1.78. The number of ether oxygens (including phenoxy) is 2. The molecule has 4 unspecified atom stereocenters. The van der Waals surface area contributed by atoms with E-state index in [2.05, 4.69) is 19.2 Å². The molecule has 0 aromatic rings. The molecule has 1 N–H and O–H groups in total. The van der Waals surface area contributed by atoms with E-state index >= 15 is 0 Å². The highest BCUT2D eigenvalue weighted by atomic mass is 16.6. The van der Waals surface area contributed by atoms with E-state index in [1.54, 1.807) is 0 Å². The molecule has 0 aromatic heterocycles. The fourth-order valence-corrected chi connectivity index (χ4v) is 2.56. The van der Waals surface area contributed by atoms with Crippen molar-refractivity contribution in [2.75, 3.05) is 19.7 Å². The third-order valence-corrected chi connectivity index (χ3v) is 4.02. The molecule has 1 saturated heterocycles. The number of morpholine rings is 1. The Kier molecular flexibility index (Phi) is 4.40. The van der Waals surface area contributed by atoms with E-state index in [1.807, 2.05) is 0 Å². The lowest BCUT2D eigenvalue weighted by Gasteiger charge is -2.32. The molecule has 2 fully saturated rings. The average molecular weight is 241 g/mol. The van der Waals surface area contributed by atoms with Gasteiger partial charge in [-0.3, -0.25) is 0 Å². The lowest BCUT2D eigenvalue weighted by molar-refractivity contribution is -0.166. The molecule has 1 saturated carbocycles. The van der Waals surface area contributed by atoms with Crippen LogP contribution in [0.25, 0.3) is 0 Å². The molecule has 4 atom stereocenters. The lowest BCUT2D eigenvalue weighted by atomic mass is 9.80. The first-order valence-electron chi connectivity index (χ1n) is 6.69. The molecule has 1 aliphatic heterocycles. The van der Waals surface area contributed by atoms with E-state index in [4.69, 9.17) is 9.47 Å². The van der Waals surface area contributed by atoms with Gasteiger partial charge in [0, 0.05) is 13.1 Å². The first kappa shape index (κ1) is 12.8. The molecule has 1 aliphatic carbocycles. The van der Waals surface area contributed by atoms with E-state index in [-0.39, 0.29) is 12.1 Å². The Morgan fingerprint density at radius 2 is 2.12 bits per heavy atom. The monoisotopic (exact) mass is 241 g/mol. The van der Waals surface area contributed by atoms with Gasteiger partial charge in [-0.2, -0.15) is 0 Å². The van der Waals surface area contributed by atoms with Crippen LogP contribution in [0.5, 0.6) is 0 Å². The summed E-state index contributed by atoms with van der Waals surface area (Å²) in [6.07, 6.45) is 2.84. The van der Waals surface area contributed by atoms with Crippen LogP contribution in [0.1, 0.15) is 33.1 Å². The Morgan fingerprint density at radius 1 is 1.29 bits per heavy atom. The van der Waals surface area contributed by atoms with Crippen LogP contribution in [-0.2, 0) is 14.3 Å². The number of carbonyl (C=O) groups is 1. The topological polar surface area (TPSA) is 47.6 Å². The van der Waals surface area contributed by atoms with Crippen molar-refractivity contribution in [2.45, 2.75) is 45.3 Å². The molecule has 1 heterocycles. The third kappa shape index (κ3) is 3.42. The predicted octanol–water partition coefficient (Wildman–Crippen LogP) is 1.34. The maximum Gasteiger partial charge on any atom is 0.336 e. The summed E-state index contributed by atoms with van der Waals surface area (Å²) in [5, 5.41) is 3.14. The van der Waals surface area contributed by atoms with Gasteiger partial charge in [0.15, 0.2) is 6.10 Å². The van der Waals surface area contributed by atoms with Crippen molar-refractivity contribution in [2.24, 2.45) is 11.8 Å². The van der Waals surface area contributed by atoms with Gasteiger partial charge in [0.1, 0.15) is 6.10 Å². The van der Waals surface area contributed by atoms with Gasteiger partial charge in [-0.1, -0.05) is 13.8 Å². The SMILES string of the molecule is CC1CCC(OC(=O)C2CNCCO2)CC1C. The number of hydrogen-bond donors (Lipinski definition) is 1. The summed E-state index contributed by atoms with van der Waals surface area (Å²) < 4.78 is 10.9.